The lowest BCUT2D eigenvalue weighted by atomic mass is 10.1. The molecule has 0 atom stereocenters. The van der Waals surface area contributed by atoms with E-state index in [0.29, 0.717) is 17.2 Å². The maximum absolute atomic E-state index is 12.9. The van der Waals surface area contributed by atoms with Crippen LogP contribution in [0.25, 0.3) is 6.08 Å². The first-order chi connectivity index (χ1) is 13.4. The van der Waals surface area contributed by atoms with E-state index >= 15 is 0 Å². The molecule has 2 aromatic rings. The molecule has 0 saturated carbocycles. The monoisotopic (exact) mass is 411 g/mol. The Labute approximate surface area is 169 Å². The summed E-state index contributed by atoms with van der Waals surface area (Å²) >= 11 is 6.45. The third-order valence-electron chi connectivity index (χ3n) is 4.23. The highest BCUT2D eigenvalue weighted by atomic mass is 32.2. The van der Waals surface area contributed by atoms with Gasteiger partial charge in [-0.25, -0.2) is 4.79 Å². The van der Waals surface area contributed by atoms with Crippen LogP contribution in [0.1, 0.15) is 15.9 Å². The Hall–Kier alpha value is -3.10. The molecule has 28 heavy (non-hydrogen) atoms. The lowest BCUT2D eigenvalue weighted by molar-refractivity contribution is -0.113. The highest BCUT2D eigenvalue weighted by Crippen LogP contribution is 2.37. The van der Waals surface area contributed by atoms with Gasteiger partial charge in [0.2, 0.25) is 0 Å². The number of carboxylic acid groups (broad SMARTS) is 1. The normalized spacial score (nSPS) is 17.4. The second-order valence-electron chi connectivity index (χ2n) is 6.07. The molecule has 2 aromatic carbocycles. The first kappa shape index (κ1) is 18.3. The number of nitrogens with zero attached hydrogens (tertiary/aromatic N) is 1. The summed E-state index contributed by atoms with van der Waals surface area (Å²) in [5, 5.41) is 18.9. The predicted octanol–water partition coefficient (Wildman–Crippen LogP) is 3.82. The molecule has 4 rings (SSSR count). The average molecular weight is 411 g/mol. The number of thiocarbonyl (C=S) groups is 1. The van der Waals surface area contributed by atoms with E-state index in [1.165, 1.54) is 23.1 Å². The number of ether oxygens (including phenoxy) is 1. The number of carbonyl (C=O) groups is 2. The van der Waals surface area contributed by atoms with Gasteiger partial charge in [0.25, 0.3) is 5.91 Å². The molecular weight excluding hydrogens is 398 g/mol. The van der Waals surface area contributed by atoms with Gasteiger partial charge in [-0.05, 0) is 42.0 Å². The van der Waals surface area contributed by atoms with E-state index in [1.54, 1.807) is 6.08 Å². The predicted molar refractivity (Wildman–Crippen MR) is 111 cm³/mol. The van der Waals surface area contributed by atoms with Gasteiger partial charge in [-0.15, -0.1) is 0 Å². The molecule has 8 heteroatoms. The minimum absolute atomic E-state index is 0.288. The van der Waals surface area contributed by atoms with Crippen LogP contribution < -0.4 is 9.64 Å². The summed E-state index contributed by atoms with van der Waals surface area (Å²) in [4.78, 5) is 25.8. The van der Waals surface area contributed by atoms with Gasteiger partial charge in [-0.2, -0.15) is 0 Å². The topological polar surface area (TPSA) is 87.1 Å². The molecule has 1 fully saturated rings. The number of amides is 1. The molecule has 0 unspecified atom stereocenters. The van der Waals surface area contributed by atoms with Gasteiger partial charge in [0.05, 0.1) is 10.6 Å². The quantitative estimate of drug-likeness (QED) is 0.587. The number of phenols is 1. The van der Waals surface area contributed by atoms with E-state index in [-0.39, 0.29) is 21.5 Å². The van der Waals surface area contributed by atoms with E-state index in [0.717, 1.165) is 28.6 Å². The van der Waals surface area contributed by atoms with E-state index in [9.17, 15) is 19.8 Å². The van der Waals surface area contributed by atoms with Crippen LogP contribution in [0.2, 0.25) is 0 Å². The number of para-hydroxylation sites is 1. The number of carbonyl (C=O) groups excluding carboxylic acids is 1. The zero-order chi connectivity index (χ0) is 19.8. The van der Waals surface area contributed by atoms with Crippen molar-refractivity contribution in [2.45, 2.75) is 0 Å². The smallest absolute Gasteiger partial charge is 0.339 e. The van der Waals surface area contributed by atoms with Gasteiger partial charge < -0.3 is 14.9 Å². The summed E-state index contributed by atoms with van der Waals surface area (Å²) in [5.74, 6) is -1.22. The molecule has 2 N–H and O–H groups in total. The largest absolute Gasteiger partial charge is 0.507 e. The third-order valence-corrected chi connectivity index (χ3v) is 5.54. The molecule has 1 amide bonds. The van der Waals surface area contributed by atoms with E-state index < -0.39 is 5.97 Å². The molecule has 2 aliphatic heterocycles. The summed E-state index contributed by atoms with van der Waals surface area (Å²) in [6, 6.07) is 11.5. The summed E-state index contributed by atoms with van der Waals surface area (Å²) in [6.07, 6.45) is 3.68. The number of aromatic hydroxyl groups is 1. The molecule has 1 saturated heterocycles. The maximum atomic E-state index is 12.9. The minimum atomic E-state index is -1.29. The molecule has 2 aliphatic rings. The van der Waals surface area contributed by atoms with Crippen molar-refractivity contribution in [2.75, 3.05) is 11.5 Å². The molecule has 2 heterocycles. The number of hydrogen-bond donors (Lipinski definition) is 2. The summed E-state index contributed by atoms with van der Waals surface area (Å²) in [6.45, 7) is 0.337. The van der Waals surface area contributed by atoms with Crippen LogP contribution in [0.4, 0.5) is 5.69 Å². The van der Waals surface area contributed by atoms with Gasteiger partial charge in [0.15, 0.2) is 4.32 Å². The molecule has 0 radical (unpaired) electrons. The first-order valence-electron chi connectivity index (χ1n) is 8.21. The second kappa shape index (κ2) is 7.14. The van der Waals surface area contributed by atoms with Crippen LogP contribution in [-0.2, 0) is 4.79 Å². The van der Waals surface area contributed by atoms with Crippen molar-refractivity contribution < 1.29 is 24.5 Å². The highest BCUT2D eigenvalue weighted by molar-refractivity contribution is 8.27. The first-order valence-corrected chi connectivity index (χ1v) is 9.43. The van der Waals surface area contributed by atoms with Crippen LogP contribution in [0, 0.1) is 0 Å². The zero-order valence-corrected chi connectivity index (χ0v) is 15.9. The fourth-order valence-electron chi connectivity index (χ4n) is 2.91. The van der Waals surface area contributed by atoms with Crippen molar-refractivity contribution in [3.05, 3.63) is 70.1 Å². The molecule has 0 aromatic heterocycles. The number of benzene rings is 2. The summed E-state index contributed by atoms with van der Waals surface area (Å²) in [7, 11) is 0. The van der Waals surface area contributed by atoms with E-state index in [1.807, 2.05) is 30.3 Å². The van der Waals surface area contributed by atoms with E-state index in [4.69, 9.17) is 17.0 Å². The Morgan fingerprint density at radius 2 is 2.04 bits per heavy atom. The standard InChI is InChI=1S/C20H13NO5S2/c22-15-6-5-13(9-14(15)19(24)25)21-18(23)17(28-20(21)27)8-11-7-12-3-1-2-4-16(12)26-10-11/h1-9,22H,10H2,(H,24,25)/b17-8-. The molecule has 140 valence electrons. The van der Waals surface area contributed by atoms with Gasteiger partial charge >= 0.3 is 5.97 Å². The molecule has 0 bridgehead atoms. The van der Waals surface area contributed by atoms with Gasteiger partial charge in [-0.3, -0.25) is 9.69 Å². The lowest BCUT2D eigenvalue weighted by Crippen LogP contribution is -2.27. The molecule has 6 nitrogen and oxygen atoms in total. The Kier molecular flexibility index (Phi) is 4.66. The van der Waals surface area contributed by atoms with Crippen LogP contribution in [-0.4, -0.2) is 33.0 Å². The number of fused-ring (bicyclic) bond motifs is 1. The Morgan fingerprint density at radius 3 is 2.82 bits per heavy atom. The second-order valence-corrected chi connectivity index (χ2v) is 7.75. The molecule has 0 spiro atoms. The Balaban J connectivity index is 1.65. The van der Waals surface area contributed by atoms with Crippen molar-refractivity contribution in [1.29, 1.82) is 0 Å². The van der Waals surface area contributed by atoms with Gasteiger partial charge in [0.1, 0.15) is 23.7 Å². The van der Waals surface area contributed by atoms with Gasteiger partial charge in [0, 0.05) is 5.56 Å². The van der Waals surface area contributed by atoms with Crippen molar-refractivity contribution in [2.24, 2.45) is 0 Å². The summed E-state index contributed by atoms with van der Waals surface area (Å²) < 4.78 is 5.99. The van der Waals surface area contributed by atoms with Gasteiger partial charge in [-0.1, -0.05) is 42.2 Å². The van der Waals surface area contributed by atoms with Crippen LogP contribution in [0.3, 0.4) is 0 Å². The average Bonchev–Trinajstić information content (AvgIpc) is 2.95. The highest BCUT2D eigenvalue weighted by Gasteiger charge is 2.34. The number of carboxylic acids is 1. The Morgan fingerprint density at radius 1 is 1.25 bits per heavy atom. The zero-order valence-electron chi connectivity index (χ0n) is 14.3. The molecule has 0 aliphatic carbocycles. The maximum Gasteiger partial charge on any atom is 0.339 e. The van der Waals surface area contributed by atoms with Crippen LogP contribution in [0.5, 0.6) is 11.5 Å². The number of anilines is 1. The van der Waals surface area contributed by atoms with Crippen molar-refractivity contribution >= 4 is 51.9 Å². The van der Waals surface area contributed by atoms with Crippen molar-refractivity contribution in [1.82, 2.24) is 0 Å². The van der Waals surface area contributed by atoms with Crippen LogP contribution >= 0.6 is 24.0 Å². The third kappa shape index (κ3) is 3.28. The van der Waals surface area contributed by atoms with Crippen molar-refractivity contribution in [3.8, 4) is 11.5 Å². The fourth-order valence-corrected chi connectivity index (χ4v) is 4.22. The molecular formula is C20H13NO5S2. The number of aromatic carboxylic acids is 1. The number of thioether (sulfide) groups is 1. The SMILES string of the molecule is O=C(O)c1cc(N2C(=O)/C(=C/C3=Cc4ccccc4OC3)SC2=S)ccc1O. The van der Waals surface area contributed by atoms with Crippen LogP contribution in [0.15, 0.2) is 59.0 Å². The number of rotatable bonds is 3. The fraction of sp³-hybridized carbons (Fsp3) is 0.0500. The Bertz CT molecular complexity index is 1090. The lowest BCUT2D eigenvalue weighted by Gasteiger charge is -2.16. The van der Waals surface area contributed by atoms with Crippen molar-refractivity contribution in [3.63, 3.8) is 0 Å². The summed E-state index contributed by atoms with van der Waals surface area (Å²) in [5.41, 5.74) is 1.76. The number of hydrogen-bond acceptors (Lipinski definition) is 6. The van der Waals surface area contributed by atoms with E-state index in [2.05, 4.69) is 0 Å². The minimum Gasteiger partial charge on any atom is -0.507 e.